The number of pyridine rings is 1. The Bertz CT molecular complexity index is 483. The Hall–Kier alpha value is -1.28. The summed E-state index contributed by atoms with van der Waals surface area (Å²) in [5.41, 5.74) is 0.961. The lowest BCUT2D eigenvalue weighted by atomic mass is 10.1. The van der Waals surface area contributed by atoms with Crippen molar-refractivity contribution in [3.8, 4) is 5.75 Å². The molecule has 0 bridgehead atoms. The van der Waals surface area contributed by atoms with Crippen LogP contribution in [0.5, 0.6) is 5.75 Å². The lowest BCUT2D eigenvalue weighted by Crippen LogP contribution is -1.89. The van der Waals surface area contributed by atoms with Gasteiger partial charge in [-0.1, -0.05) is 25.4 Å². The zero-order valence-corrected chi connectivity index (χ0v) is 10.8. The summed E-state index contributed by atoms with van der Waals surface area (Å²) in [6.45, 7) is 5.96. The summed E-state index contributed by atoms with van der Waals surface area (Å²) in [6, 6.07) is 5.71. The third-order valence-corrected chi connectivity index (χ3v) is 2.47. The fourth-order valence-corrected chi connectivity index (χ4v) is 1.66. The first kappa shape index (κ1) is 12.8. The van der Waals surface area contributed by atoms with Gasteiger partial charge >= 0.3 is 0 Å². The second-order valence-electron chi connectivity index (χ2n) is 3.10. The van der Waals surface area contributed by atoms with Gasteiger partial charge < -0.3 is 4.74 Å². The standard InChI is InChI=1S/C11H10ClNO.C2H6/c1-7-10-5-8(12)3-4-9(10)11(14-2)6-13-7;1-2/h3-6H,1-2H3;1-2H3. The van der Waals surface area contributed by atoms with Gasteiger partial charge in [0.1, 0.15) is 5.75 Å². The van der Waals surface area contributed by atoms with Crippen molar-refractivity contribution in [1.82, 2.24) is 4.98 Å². The number of hydrogen-bond acceptors (Lipinski definition) is 2. The minimum Gasteiger partial charge on any atom is -0.494 e. The third-order valence-electron chi connectivity index (χ3n) is 2.23. The molecular formula is C13H16ClNO. The average molecular weight is 238 g/mol. The van der Waals surface area contributed by atoms with Gasteiger partial charge in [-0.05, 0) is 25.1 Å². The molecule has 0 aliphatic rings. The number of ether oxygens (including phenoxy) is 1. The molecule has 1 aromatic heterocycles. The normalized spacial score (nSPS) is 9.56. The minimum absolute atomic E-state index is 0.718. The molecular weight excluding hydrogens is 222 g/mol. The topological polar surface area (TPSA) is 22.1 Å². The lowest BCUT2D eigenvalue weighted by molar-refractivity contribution is 0.418. The van der Waals surface area contributed by atoms with Gasteiger partial charge in [-0.15, -0.1) is 0 Å². The lowest BCUT2D eigenvalue weighted by Gasteiger charge is -2.06. The van der Waals surface area contributed by atoms with Crippen LogP contribution < -0.4 is 4.74 Å². The molecule has 1 aromatic carbocycles. The van der Waals surface area contributed by atoms with Crippen molar-refractivity contribution in [3.63, 3.8) is 0 Å². The second-order valence-corrected chi connectivity index (χ2v) is 3.54. The van der Waals surface area contributed by atoms with Gasteiger partial charge in [0, 0.05) is 21.5 Å². The first-order chi connectivity index (χ1) is 7.72. The minimum atomic E-state index is 0.718. The highest BCUT2D eigenvalue weighted by molar-refractivity contribution is 6.31. The van der Waals surface area contributed by atoms with E-state index in [0.29, 0.717) is 0 Å². The zero-order chi connectivity index (χ0) is 12.1. The van der Waals surface area contributed by atoms with Gasteiger partial charge in [-0.25, -0.2) is 0 Å². The van der Waals surface area contributed by atoms with Crippen molar-refractivity contribution in [2.24, 2.45) is 0 Å². The number of hydrogen-bond donors (Lipinski definition) is 0. The maximum Gasteiger partial charge on any atom is 0.144 e. The van der Waals surface area contributed by atoms with E-state index < -0.39 is 0 Å². The summed E-state index contributed by atoms with van der Waals surface area (Å²) in [5, 5.41) is 2.80. The fourth-order valence-electron chi connectivity index (χ4n) is 1.49. The van der Waals surface area contributed by atoms with Crippen LogP contribution in [0.15, 0.2) is 24.4 Å². The highest BCUT2D eigenvalue weighted by Gasteiger charge is 2.04. The van der Waals surface area contributed by atoms with E-state index in [1.54, 1.807) is 13.3 Å². The van der Waals surface area contributed by atoms with Crippen LogP contribution in [-0.4, -0.2) is 12.1 Å². The van der Waals surface area contributed by atoms with Crippen molar-refractivity contribution in [3.05, 3.63) is 35.1 Å². The molecule has 0 atom stereocenters. The van der Waals surface area contributed by atoms with Crippen LogP contribution in [0.4, 0.5) is 0 Å². The van der Waals surface area contributed by atoms with E-state index in [-0.39, 0.29) is 0 Å². The number of fused-ring (bicyclic) bond motifs is 1. The maximum atomic E-state index is 5.92. The van der Waals surface area contributed by atoms with Crippen LogP contribution in [0.3, 0.4) is 0 Å². The molecule has 0 N–H and O–H groups in total. The highest BCUT2D eigenvalue weighted by Crippen LogP contribution is 2.28. The number of nitrogens with zero attached hydrogens (tertiary/aromatic N) is 1. The molecule has 86 valence electrons. The van der Waals surface area contributed by atoms with E-state index in [2.05, 4.69) is 4.98 Å². The predicted molar refractivity (Wildman–Crippen MR) is 69.4 cm³/mol. The third kappa shape index (κ3) is 2.45. The summed E-state index contributed by atoms with van der Waals surface area (Å²) in [7, 11) is 1.64. The van der Waals surface area contributed by atoms with Gasteiger partial charge in [0.05, 0.1) is 13.3 Å². The largest absolute Gasteiger partial charge is 0.494 e. The first-order valence-electron chi connectivity index (χ1n) is 5.31. The summed E-state index contributed by atoms with van der Waals surface area (Å²) < 4.78 is 5.22. The SMILES string of the molecule is CC.COc1cnc(C)c2cc(Cl)ccc12. The molecule has 0 aliphatic carbocycles. The quantitative estimate of drug-likeness (QED) is 0.741. The Morgan fingerprint density at radius 1 is 1.19 bits per heavy atom. The van der Waals surface area contributed by atoms with Gasteiger partial charge in [0.2, 0.25) is 0 Å². The second kappa shape index (κ2) is 5.71. The number of aromatic nitrogens is 1. The summed E-state index contributed by atoms with van der Waals surface area (Å²) in [5.74, 6) is 0.780. The Balaban J connectivity index is 0.000000606. The molecule has 0 radical (unpaired) electrons. The van der Waals surface area contributed by atoms with E-state index in [1.165, 1.54) is 0 Å². The summed E-state index contributed by atoms with van der Waals surface area (Å²) >= 11 is 5.92. The zero-order valence-electron chi connectivity index (χ0n) is 10.0. The molecule has 1 heterocycles. The Kier molecular flexibility index (Phi) is 4.56. The summed E-state index contributed by atoms with van der Waals surface area (Å²) in [4.78, 5) is 4.24. The van der Waals surface area contributed by atoms with Crippen LogP contribution in [0.2, 0.25) is 5.02 Å². The Labute approximate surface area is 101 Å². The van der Waals surface area contributed by atoms with Crippen LogP contribution >= 0.6 is 11.6 Å². The number of benzene rings is 1. The average Bonchev–Trinajstić information content (AvgIpc) is 2.33. The van der Waals surface area contributed by atoms with E-state index in [1.807, 2.05) is 39.0 Å². The molecule has 16 heavy (non-hydrogen) atoms. The number of rotatable bonds is 1. The van der Waals surface area contributed by atoms with Gasteiger partial charge in [-0.3, -0.25) is 4.98 Å². The molecule has 0 saturated carbocycles. The van der Waals surface area contributed by atoms with Crippen LogP contribution in [0.1, 0.15) is 19.5 Å². The van der Waals surface area contributed by atoms with Crippen LogP contribution in [-0.2, 0) is 0 Å². The first-order valence-corrected chi connectivity index (χ1v) is 5.69. The monoisotopic (exact) mass is 237 g/mol. The Morgan fingerprint density at radius 2 is 1.88 bits per heavy atom. The Morgan fingerprint density at radius 3 is 2.50 bits per heavy atom. The van der Waals surface area contributed by atoms with E-state index in [0.717, 1.165) is 27.2 Å². The van der Waals surface area contributed by atoms with Gasteiger partial charge in [0.25, 0.3) is 0 Å². The van der Waals surface area contributed by atoms with Crippen molar-refractivity contribution in [2.75, 3.05) is 7.11 Å². The predicted octanol–water partition coefficient (Wildman–Crippen LogP) is 4.23. The smallest absolute Gasteiger partial charge is 0.144 e. The molecule has 2 nitrogen and oxygen atoms in total. The summed E-state index contributed by atoms with van der Waals surface area (Å²) in [6.07, 6.45) is 1.73. The molecule has 2 rings (SSSR count). The molecule has 2 aromatic rings. The van der Waals surface area contributed by atoms with Crippen molar-refractivity contribution < 1.29 is 4.74 Å². The number of halogens is 1. The molecule has 0 spiro atoms. The van der Waals surface area contributed by atoms with E-state index in [4.69, 9.17) is 16.3 Å². The molecule has 0 aliphatic heterocycles. The van der Waals surface area contributed by atoms with E-state index >= 15 is 0 Å². The molecule has 0 amide bonds. The molecule has 0 saturated heterocycles. The van der Waals surface area contributed by atoms with Crippen LogP contribution in [0, 0.1) is 6.92 Å². The molecule has 0 fully saturated rings. The molecule has 3 heteroatoms. The maximum absolute atomic E-state index is 5.92. The van der Waals surface area contributed by atoms with Crippen LogP contribution in [0.25, 0.3) is 10.8 Å². The van der Waals surface area contributed by atoms with Crippen molar-refractivity contribution in [1.29, 1.82) is 0 Å². The van der Waals surface area contributed by atoms with E-state index in [9.17, 15) is 0 Å². The van der Waals surface area contributed by atoms with Gasteiger partial charge in [-0.2, -0.15) is 0 Å². The fraction of sp³-hybridized carbons (Fsp3) is 0.308. The number of aryl methyl sites for hydroxylation is 1. The number of methoxy groups -OCH3 is 1. The van der Waals surface area contributed by atoms with Crippen molar-refractivity contribution >= 4 is 22.4 Å². The van der Waals surface area contributed by atoms with Gasteiger partial charge in [0.15, 0.2) is 0 Å². The molecule has 0 unspecified atom stereocenters. The highest BCUT2D eigenvalue weighted by atomic mass is 35.5. The van der Waals surface area contributed by atoms with Crippen molar-refractivity contribution in [2.45, 2.75) is 20.8 Å².